The van der Waals surface area contributed by atoms with E-state index in [2.05, 4.69) is 5.32 Å². The summed E-state index contributed by atoms with van der Waals surface area (Å²) < 4.78 is 33.0. The van der Waals surface area contributed by atoms with E-state index in [0.717, 1.165) is 32.2 Å². The number of hydrogen-bond donors (Lipinski definition) is 4. The number of unbranched alkanes of at least 4 members (excludes halogenated alkanes) is 3. The third-order valence-corrected chi connectivity index (χ3v) is 4.87. The van der Waals surface area contributed by atoms with Crippen LogP contribution in [-0.4, -0.2) is 41.6 Å². The smallest absolute Gasteiger partial charge is 0.296 e. The molecule has 0 aliphatic heterocycles. The first-order chi connectivity index (χ1) is 14.4. The monoisotopic (exact) mass is 423 g/mol. The van der Waals surface area contributed by atoms with Crippen LogP contribution >= 0.6 is 0 Å². The maximum absolute atomic E-state index is 13.9. The molecule has 0 unspecified atom stereocenters. The van der Waals surface area contributed by atoms with Gasteiger partial charge in [-0.25, -0.2) is 0 Å². The van der Waals surface area contributed by atoms with Crippen molar-refractivity contribution in [2.45, 2.75) is 44.3 Å². The first-order valence-electron chi connectivity index (χ1n) is 10.3. The summed E-state index contributed by atoms with van der Waals surface area (Å²) in [6.07, 6.45) is 2.74. The molecule has 0 spiro atoms. The van der Waals surface area contributed by atoms with E-state index in [1.165, 1.54) is 18.2 Å². The number of rotatable bonds is 14. The van der Waals surface area contributed by atoms with Gasteiger partial charge < -0.3 is 25.4 Å². The van der Waals surface area contributed by atoms with Gasteiger partial charge in [0.25, 0.3) is 5.92 Å². The Morgan fingerprint density at radius 1 is 1.00 bits per heavy atom. The Hall–Kier alpha value is -2.06. The second-order valence-corrected chi connectivity index (χ2v) is 7.30. The summed E-state index contributed by atoms with van der Waals surface area (Å²) in [7, 11) is 0. The normalized spacial score (nSPS) is 12.8. The van der Waals surface area contributed by atoms with E-state index < -0.39 is 18.6 Å². The highest BCUT2D eigenvalue weighted by atomic mass is 19.3. The second-order valence-electron chi connectivity index (χ2n) is 7.30. The summed E-state index contributed by atoms with van der Waals surface area (Å²) in [5.41, 5.74) is 0.988. The van der Waals surface area contributed by atoms with Crippen LogP contribution in [0.15, 0.2) is 48.5 Å². The van der Waals surface area contributed by atoms with Gasteiger partial charge in [0.1, 0.15) is 12.4 Å². The fourth-order valence-corrected chi connectivity index (χ4v) is 3.07. The highest BCUT2D eigenvalue weighted by Gasteiger charge is 2.31. The number of alkyl halides is 2. The van der Waals surface area contributed by atoms with Crippen LogP contribution in [0.5, 0.6) is 5.75 Å². The van der Waals surface area contributed by atoms with Crippen LogP contribution in [0.2, 0.25) is 0 Å². The van der Waals surface area contributed by atoms with E-state index in [0.29, 0.717) is 24.3 Å². The number of hydrogen-bond acceptors (Lipinski definition) is 5. The molecule has 166 valence electrons. The van der Waals surface area contributed by atoms with Gasteiger partial charge in [-0.2, -0.15) is 8.78 Å². The summed E-state index contributed by atoms with van der Waals surface area (Å²) in [5, 5.41) is 32.1. The molecule has 0 radical (unpaired) electrons. The highest BCUT2D eigenvalue weighted by Crippen LogP contribution is 2.28. The van der Waals surface area contributed by atoms with Crippen LogP contribution in [0.3, 0.4) is 0 Å². The summed E-state index contributed by atoms with van der Waals surface area (Å²) >= 11 is 0. The molecule has 0 aliphatic rings. The maximum atomic E-state index is 13.9. The average Bonchev–Trinajstić information content (AvgIpc) is 2.75. The van der Waals surface area contributed by atoms with Gasteiger partial charge in [-0.15, -0.1) is 0 Å². The Bertz CT molecular complexity index is 743. The average molecular weight is 424 g/mol. The van der Waals surface area contributed by atoms with Crippen molar-refractivity contribution in [3.63, 3.8) is 0 Å². The standard InChI is InChI=1S/C23H31F2NO4/c24-23(25,20-8-4-3-5-9-20)17-30-13-7-2-1-6-12-26-15-22(29)18-10-11-21(28)19(14-18)16-27/h3-5,8-11,14,22,26-29H,1-2,6-7,12-13,15-17H2/t22-/m1/s1. The highest BCUT2D eigenvalue weighted by molar-refractivity contribution is 5.36. The molecule has 0 saturated heterocycles. The predicted molar refractivity (Wildman–Crippen MR) is 111 cm³/mol. The number of phenols is 1. The van der Waals surface area contributed by atoms with E-state index in [1.807, 2.05) is 0 Å². The van der Waals surface area contributed by atoms with Gasteiger partial charge in [-0.3, -0.25) is 0 Å². The van der Waals surface area contributed by atoms with Gasteiger partial charge in [0.2, 0.25) is 0 Å². The van der Waals surface area contributed by atoms with Crippen LogP contribution in [-0.2, 0) is 17.3 Å². The molecule has 0 aliphatic carbocycles. The summed E-state index contributed by atoms with van der Waals surface area (Å²) in [6, 6.07) is 12.4. The van der Waals surface area contributed by atoms with E-state index in [1.54, 1.807) is 30.3 Å². The SMILES string of the molecule is OCc1cc([C@H](O)CNCCCCCCOCC(F)(F)c2ccccc2)ccc1O. The molecule has 0 heterocycles. The molecule has 0 aromatic heterocycles. The van der Waals surface area contributed by atoms with Crippen molar-refractivity contribution >= 4 is 0 Å². The topological polar surface area (TPSA) is 82.0 Å². The first-order valence-corrected chi connectivity index (χ1v) is 10.3. The lowest BCUT2D eigenvalue weighted by atomic mass is 10.1. The maximum Gasteiger partial charge on any atom is 0.296 e. The van der Waals surface area contributed by atoms with Crippen LogP contribution in [0.1, 0.15) is 48.5 Å². The number of aromatic hydroxyl groups is 1. The summed E-state index contributed by atoms with van der Waals surface area (Å²) in [6.45, 7) is 0.518. The Morgan fingerprint density at radius 2 is 1.73 bits per heavy atom. The van der Waals surface area contributed by atoms with Crippen molar-refractivity contribution in [2.75, 3.05) is 26.3 Å². The minimum atomic E-state index is -2.97. The van der Waals surface area contributed by atoms with Crippen molar-refractivity contribution in [3.8, 4) is 5.75 Å². The number of aliphatic hydroxyl groups is 2. The minimum Gasteiger partial charge on any atom is -0.508 e. The largest absolute Gasteiger partial charge is 0.508 e. The predicted octanol–water partition coefficient (Wildman–Crippen LogP) is 3.88. The van der Waals surface area contributed by atoms with Crippen molar-refractivity contribution < 1.29 is 28.8 Å². The van der Waals surface area contributed by atoms with Crippen molar-refractivity contribution in [1.29, 1.82) is 0 Å². The third-order valence-electron chi connectivity index (χ3n) is 4.87. The zero-order valence-electron chi connectivity index (χ0n) is 17.1. The Morgan fingerprint density at radius 3 is 2.47 bits per heavy atom. The van der Waals surface area contributed by atoms with E-state index >= 15 is 0 Å². The lowest BCUT2D eigenvalue weighted by Gasteiger charge is -2.16. The molecule has 30 heavy (non-hydrogen) atoms. The molecule has 5 nitrogen and oxygen atoms in total. The molecule has 0 bridgehead atoms. The zero-order valence-corrected chi connectivity index (χ0v) is 17.1. The van der Waals surface area contributed by atoms with Gasteiger partial charge >= 0.3 is 0 Å². The number of nitrogens with one attached hydrogen (secondary N) is 1. The van der Waals surface area contributed by atoms with Gasteiger partial charge in [-0.1, -0.05) is 49.2 Å². The van der Waals surface area contributed by atoms with E-state index in [-0.39, 0.29) is 17.9 Å². The minimum absolute atomic E-state index is 0.00849. The summed E-state index contributed by atoms with van der Waals surface area (Å²) in [4.78, 5) is 0. The van der Waals surface area contributed by atoms with E-state index in [9.17, 15) is 19.0 Å². The van der Waals surface area contributed by atoms with E-state index in [4.69, 9.17) is 9.84 Å². The summed E-state index contributed by atoms with van der Waals surface area (Å²) in [5.74, 6) is -2.96. The van der Waals surface area contributed by atoms with Crippen LogP contribution in [0.4, 0.5) is 8.78 Å². The molecule has 2 aromatic rings. The van der Waals surface area contributed by atoms with Crippen molar-refractivity contribution in [2.24, 2.45) is 0 Å². The Kier molecular flexibility index (Phi) is 10.2. The molecule has 7 heteroatoms. The lowest BCUT2D eigenvalue weighted by molar-refractivity contribution is -0.0831. The van der Waals surface area contributed by atoms with Gasteiger partial charge in [0, 0.05) is 24.3 Å². The molecule has 2 rings (SSSR count). The van der Waals surface area contributed by atoms with Crippen molar-refractivity contribution in [1.82, 2.24) is 5.32 Å². The van der Waals surface area contributed by atoms with Gasteiger partial charge in [0.15, 0.2) is 0 Å². The lowest BCUT2D eigenvalue weighted by Crippen LogP contribution is -2.22. The van der Waals surface area contributed by atoms with Crippen LogP contribution in [0.25, 0.3) is 0 Å². The number of halogens is 2. The third kappa shape index (κ3) is 7.99. The molecule has 0 fully saturated rings. The van der Waals surface area contributed by atoms with Crippen molar-refractivity contribution in [3.05, 3.63) is 65.2 Å². The van der Waals surface area contributed by atoms with Crippen LogP contribution in [0, 0.1) is 0 Å². The number of benzene rings is 2. The Labute approximate surface area is 176 Å². The fourth-order valence-electron chi connectivity index (χ4n) is 3.07. The number of aliphatic hydroxyl groups excluding tert-OH is 2. The van der Waals surface area contributed by atoms with Gasteiger partial charge in [0.05, 0.1) is 12.7 Å². The van der Waals surface area contributed by atoms with Crippen LogP contribution < -0.4 is 5.32 Å². The molecular formula is C23H31F2NO4. The molecule has 1 atom stereocenters. The first kappa shape index (κ1) is 24.2. The fraction of sp³-hybridized carbons (Fsp3) is 0.478. The second kappa shape index (κ2) is 12.6. The molecule has 2 aromatic carbocycles. The Balaban J connectivity index is 1.50. The number of ether oxygens (including phenoxy) is 1. The molecule has 4 N–H and O–H groups in total. The molecular weight excluding hydrogens is 392 g/mol. The zero-order chi connectivity index (χ0) is 21.8. The quantitative estimate of drug-likeness (QED) is 0.347. The molecule has 0 amide bonds. The molecule has 0 saturated carbocycles. The van der Waals surface area contributed by atoms with Gasteiger partial charge in [-0.05, 0) is 37.1 Å².